The number of hydrogen-bond donors (Lipinski definition) is 6. The predicted octanol–water partition coefficient (Wildman–Crippen LogP) is 18.4. The molecule has 34 heteroatoms. The number of anilines is 1. The molecule has 1 aromatic heterocycles. The van der Waals surface area contributed by atoms with Crippen LogP contribution in [0.2, 0.25) is 72.5 Å². The Morgan fingerprint density at radius 3 is 1.26 bits per heavy atom. The van der Waals surface area contributed by atoms with Crippen LogP contribution in [0.25, 0.3) is 0 Å². The molecule has 0 unspecified atom stereocenters. The molecule has 8 rings (SSSR count). The third-order valence-corrected chi connectivity index (χ3v) is 43.3. The molecule has 9 N–H and O–H groups in total. The standard InChI is InChI=1S/C18H27NO4Si.C14H12BrFN4S.2C10H25NO2Si.C10H24O2Si.C8H5NO3.C4H8O.2C2H4O2.3CH4.Hg/c1-18(2,3)24(4,5)23-13-9-8-12-22-19-16(20)14-10-6-7-11-15(14)17(19)21;1-6-12-11(20-14(17)18-6)5-10(19-13(12)21)8-3-2-7(16)4-9(8)15;2*1-10(2,3)14(4,5)13-9-7-6-8-12-11;1-10(2,3)13(4,5)12-9-7-6-8-11;10-7-5-3-1-2-4-6(5)8(11)9(7)12;1-2-4-5-3-1;2*1-2(3)4;;;;/h6-7,10-11H,8-9,12-13H2,1-5H3;2-4,10H,5H2,1H3,(H,19,21)(H2,17,18,20);2*6-9,11H2,1-5H3;11H,6-9H2,1-5H3;1-4,12H;1-4H2;2*1H3,(H,3,4);3*1H4;/q;;;;;;;;;;;;+2/p-2/t;10-;;;;;;;;;;;/m.1.........../s1. The smallest absolute Gasteiger partial charge is 0.285 e. The van der Waals surface area contributed by atoms with Crippen LogP contribution < -0.4 is 22.8 Å². The third kappa shape index (κ3) is 41.5. The first kappa shape index (κ1) is 115. The van der Waals surface area contributed by atoms with E-state index in [9.17, 15) is 33.2 Å². The number of rotatable bonds is 27. The Hall–Kier alpha value is -4.62. The number of nitrogens with two attached hydrogens (primary N) is 3. The van der Waals surface area contributed by atoms with Crippen molar-refractivity contribution in [1.29, 1.82) is 0 Å². The van der Waals surface area contributed by atoms with E-state index in [0.717, 1.165) is 112 Å². The molecule has 5 heterocycles. The van der Waals surface area contributed by atoms with E-state index in [1.54, 1.807) is 42.5 Å². The monoisotopic (exact) mass is 1960 g/mol. The van der Waals surface area contributed by atoms with Gasteiger partial charge in [-0.2, -0.15) is 0 Å². The number of unbranched alkanes of at least 4 members (excludes halogenated alkanes) is 4. The maximum atomic E-state index is 13.2. The number of hydrogen-bond acceptors (Lipinski definition) is 24. The third-order valence-electron chi connectivity index (χ3n) is 20.0. The second-order valence-electron chi connectivity index (χ2n) is 33.1. The van der Waals surface area contributed by atoms with E-state index in [4.69, 9.17) is 67.3 Å². The summed E-state index contributed by atoms with van der Waals surface area (Å²) in [5.41, 5.74) is 10.4. The molecule has 0 spiro atoms. The van der Waals surface area contributed by atoms with Crippen molar-refractivity contribution in [2.75, 3.05) is 71.8 Å². The summed E-state index contributed by atoms with van der Waals surface area (Å²) in [4.78, 5) is 89.9. The summed E-state index contributed by atoms with van der Waals surface area (Å²) < 4.78 is 51.8. The number of imide groups is 2. The van der Waals surface area contributed by atoms with Gasteiger partial charge in [0, 0.05) is 57.1 Å². The zero-order valence-corrected chi connectivity index (χ0v) is 83.0. The van der Waals surface area contributed by atoms with Crippen molar-refractivity contribution in [2.24, 2.45) is 11.8 Å². The van der Waals surface area contributed by atoms with Gasteiger partial charge in [0.1, 0.15) is 10.8 Å². The molecule has 4 aromatic rings. The van der Waals surface area contributed by atoms with Crippen LogP contribution in [0, 0.1) is 12.7 Å². The Balaban J connectivity index is -0.00000128. The van der Waals surface area contributed by atoms with Crippen molar-refractivity contribution in [1.82, 2.24) is 25.4 Å². The second-order valence-corrected chi connectivity index (χ2v) is 56.7. The van der Waals surface area contributed by atoms with Crippen molar-refractivity contribution in [2.45, 2.75) is 275 Å². The van der Waals surface area contributed by atoms with Gasteiger partial charge in [-0.3, -0.25) is 29.2 Å². The summed E-state index contributed by atoms with van der Waals surface area (Å²) in [6, 6.07) is 17.6. The van der Waals surface area contributed by atoms with Crippen molar-refractivity contribution in [3.63, 3.8) is 0 Å². The number of nitrogen functional groups attached to an aromatic ring is 1. The van der Waals surface area contributed by atoms with Gasteiger partial charge in [0.25, 0.3) is 23.6 Å². The van der Waals surface area contributed by atoms with E-state index in [1.807, 2.05) is 6.92 Å². The van der Waals surface area contributed by atoms with Crippen LogP contribution in [0.3, 0.4) is 0 Å². The number of hydroxylamine groups is 4. The van der Waals surface area contributed by atoms with E-state index >= 15 is 0 Å². The van der Waals surface area contributed by atoms with Crippen molar-refractivity contribution in [3.8, 4) is 0 Å². The molecule has 0 bridgehead atoms. The Morgan fingerprint density at radius 2 is 0.939 bits per heavy atom. The number of aliphatic hydroxyl groups is 1. The normalized spacial score (nSPS) is 14.3. The number of carbonyl (C=O) groups is 6. The van der Waals surface area contributed by atoms with Gasteiger partial charge >= 0.3 is 66.2 Å². The van der Waals surface area contributed by atoms with Crippen molar-refractivity contribution < 1.29 is 111 Å². The van der Waals surface area contributed by atoms with Gasteiger partial charge in [-0.25, -0.2) is 26.2 Å². The van der Waals surface area contributed by atoms with E-state index in [0.29, 0.717) is 68.6 Å². The van der Waals surface area contributed by atoms with Gasteiger partial charge in [-0.15, -0.1) is 10.1 Å². The van der Waals surface area contributed by atoms with Crippen LogP contribution in [0.4, 0.5) is 10.3 Å². The minimum Gasteiger partial charge on any atom is -0.417 e. The average molecular weight is 1960 g/mol. The van der Waals surface area contributed by atoms with Gasteiger partial charge in [0.15, 0.2) is 33.3 Å². The molecule has 0 aliphatic carbocycles. The molecule has 4 aliphatic rings. The average Bonchev–Trinajstić information content (AvgIpc) is 1.77. The minimum atomic E-state index is -2.04. The van der Waals surface area contributed by atoms with Gasteiger partial charge < -0.3 is 48.3 Å². The quantitative estimate of drug-likeness (QED) is 0.00806. The molecule has 4 amide bonds. The zero-order chi connectivity index (χ0) is 85.7. The molecule has 0 radical (unpaired) electrons. The summed E-state index contributed by atoms with van der Waals surface area (Å²) >= 11 is 6.77. The van der Waals surface area contributed by atoms with Crippen LogP contribution in [-0.2, 0) is 83.7 Å². The second kappa shape index (κ2) is 55.3. The number of aromatic nitrogens is 2. The van der Waals surface area contributed by atoms with E-state index in [2.05, 4.69) is 182 Å². The predicted molar refractivity (Wildman–Crippen MR) is 469 cm³/mol. The van der Waals surface area contributed by atoms with Crippen molar-refractivity contribution >= 4 is 108 Å². The van der Waals surface area contributed by atoms with Crippen LogP contribution in [0.15, 0.2) is 71.2 Å². The van der Waals surface area contributed by atoms with Gasteiger partial charge in [-0.05, 0) is 186 Å². The number of fused-ring (bicyclic) bond motifs is 3. The molecule has 26 nitrogen and oxygen atoms in total. The Bertz CT molecular complexity index is 3460. The first-order valence-electron chi connectivity index (χ1n) is 38.2. The number of halogens is 2. The number of carbonyl (C=O) groups excluding carboxylic acids is 6. The van der Waals surface area contributed by atoms with Crippen LogP contribution >= 0.6 is 28.1 Å². The maximum Gasteiger partial charge on any atom is 0.285 e. The molecule has 1 fully saturated rings. The first-order chi connectivity index (χ1) is 51.9. The van der Waals surface area contributed by atoms with E-state index in [1.165, 1.54) is 51.0 Å². The summed E-state index contributed by atoms with van der Waals surface area (Å²) in [6.45, 7) is 56.4. The largest absolute Gasteiger partial charge is 0.417 e. The van der Waals surface area contributed by atoms with Crippen LogP contribution in [0.5, 0.6) is 0 Å². The zero-order valence-electron chi connectivity index (χ0n) is 71.1. The topological polar surface area (TPSA) is 358 Å². The summed E-state index contributed by atoms with van der Waals surface area (Å²) in [7, 11) is -6.33. The van der Waals surface area contributed by atoms with E-state index < -0.39 is 70.6 Å². The number of ether oxygens (including phenoxy) is 1. The number of nitrogens with zero attached hydrogens (tertiary/aromatic N) is 4. The Morgan fingerprint density at radius 1 is 0.591 bits per heavy atom. The fourth-order valence-corrected chi connectivity index (χ4v) is 15.9. The number of thiocarbonyl (C=S) groups is 1. The summed E-state index contributed by atoms with van der Waals surface area (Å²) in [6.07, 6.45) is 10.6. The first-order valence-corrected chi connectivity index (χ1v) is 55.5. The van der Waals surface area contributed by atoms with Crippen molar-refractivity contribution in [3.05, 3.63) is 122 Å². The summed E-state index contributed by atoms with van der Waals surface area (Å²) in [5, 5.41) is 22.9. The number of aryl methyl sites for hydroxylation is 1. The number of aliphatic hydroxyl groups excluding tert-OH is 1. The van der Waals surface area contributed by atoms with Crippen LogP contribution in [-0.4, -0.2) is 170 Å². The van der Waals surface area contributed by atoms with E-state index in [-0.39, 0.29) is 91.7 Å². The molecule has 4 aliphatic heterocycles. The molecule has 654 valence electrons. The van der Waals surface area contributed by atoms with Gasteiger partial charge in [-0.1, -0.05) is 164 Å². The summed E-state index contributed by atoms with van der Waals surface area (Å²) in [5.74, 6) is 7.02. The van der Waals surface area contributed by atoms with Gasteiger partial charge in [0.05, 0.1) is 65.1 Å². The molecular weight excluding hydrogens is 1820 g/mol. The molecule has 1 atom stereocenters. The molecule has 115 heavy (non-hydrogen) atoms. The maximum absolute atomic E-state index is 13.2. The molecular formula is C81H144BrFHgN8O18SSi4. The number of nitrogens with one attached hydrogen (secondary N) is 1. The van der Waals surface area contributed by atoms with Gasteiger partial charge in [0.2, 0.25) is 5.95 Å². The Kier molecular flexibility index (Phi) is 55.1. The molecule has 0 saturated carbocycles. The SMILES string of the molecule is C.C.C.C1CCOC1.CC(=O)[O][Hg][O]C(C)=O.CC(C)(C)[Si](C)(C)OCCCCO.CC(C)(C)[Si](C)(C)OCCCCON.CC(C)(C)[Si](C)(C)OCCCCON.CC(C)(C)[Si](C)(C)OCCCCON1C(=O)c2ccccc2C1=O.Cc1nc(N)nc2c1C(=S)N[C@@H](c1ccc(F)cc1Br)C2.O=C1c2ccccc2C(=O)N1O. The number of amides is 4. The minimum absolute atomic E-state index is 0. The number of benzene rings is 3. The Labute approximate surface area is 720 Å². The van der Waals surface area contributed by atoms with Crippen LogP contribution in [0.1, 0.15) is 253 Å². The molecule has 3 aromatic carbocycles. The molecule has 1 saturated heterocycles. The fourth-order valence-electron chi connectivity index (χ4n) is 9.04. The fraction of sp³-hybridized carbons (Fsp3) is 0.642.